The molecule has 1 aliphatic rings. The molecule has 0 aromatic carbocycles. The first kappa shape index (κ1) is 15.1. The molecule has 3 rings (SSSR count). The Morgan fingerprint density at radius 1 is 1.43 bits per heavy atom. The number of carbonyl (C=O) groups is 2. The van der Waals surface area contributed by atoms with Gasteiger partial charge in [-0.15, -0.1) is 0 Å². The van der Waals surface area contributed by atoms with Crippen LogP contribution < -0.4 is 5.32 Å². The summed E-state index contributed by atoms with van der Waals surface area (Å²) in [5.41, 5.74) is 0.888. The first-order chi connectivity index (χ1) is 11.2. The van der Waals surface area contributed by atoms with Crippen LogP contribution in [0.25, 0.3) is 5.82 Å². The Hall–Kier alpha value is -2.77. The van der Waals surface area contributed by atoms with Crippen LogP contribution in [0.1, 0.15) is 18.9 Å². The largest absolute Gasteiger partial charge is 0.352 e. The molecule has 0 radical (unpaired) electrons. The zero-order valence-electron chi connectivity index (χ0n) is 12.8. The van der Waals surface area contributed by atoms with Crippen molar-refractivity contribution in [3.05, 3.63) is 36.5 Å². The van der Waals surface area contributed by atoms with E-state index in [9.17, 15) is 9.59 Å². The van der Waals surface area contributed by atoms with E-state index in [1.165, 1.54) is 6.33 Å². The Morgan fingerprint density at radius 2 is 2.30 bits per heavy atom. The van der Waals surface area contributed by atoms with Crippen molar-refractivity contribution in [2.24, 2.45) is 5.92 Å². The number of nitrogens with zero attached hydrogens (tertiary/aromatic N) is 5. The summed E-state index contributed by atoms with van der Waals surface area (Å²) in [4.78, 5) is 33.7. The van der Waals surface area contributed by atoms with Crippen LogP contribution in [0.4, 0.5) is 0 Å². The average Bonchev–Trinajstić information content (AvgIpc) is 3.22. The van der Waals surface area contributed by atoms with Crippen LogP contribution in [0, 0.1) is 5.92 Å². The highest BCUT2D eigenvalue weighted by atomic mass is 16.2. The summed E-state index contributed by atoms with van der Waals surface area (Å²) in [5, 5.41) is 6.87. The van der Waals surface area contributed by atoms with Crippen LogP contribution in [-0.4, -0.2) is 49.6 Å². The van der Waals surface area contributed by atoms with E-state index in [1.807, 2.05) is 19.1 Å². The molecule has 0 aliphatic carbocycles. The molecule has 1 N–H and O–H groups in total. The summed E-state index contributed by atoms with van der Waals surface area (Å²) < 4.78 is 1.56. The second kappa shape index (κ2) is 6.55. The van der Waals surface area contributed by atoms with Gasteiger partial charge in [-0.1, -0.05) is 6.07 Å². The van der Waals surface area contributed by atoms with Gasteiger partial charge in [0.2, 0.25) is 11.8 Å². The molecule has 2 aromatic heterocycles. The predicted molar refractivity (Wildman–Crippen MR) is 81.4 cm³/mol. The number of pyridine rings is 1. The Balaban J connectivity index is 1.54. The molecule has 2 aromatic rings. The summed E-state index contributed by atoms with van der Waals surface area (Å²) in [6.07, 6.45) is 5.00. The maximum absolute atomic E-state index is 12.1. The van der Waals surface area contributed by atoms with E-state index in [0.717, 1.165) is 5.56 Å². The van der Waals surface area contributed by atoms with E-state index in [1.54, 1.807) is 22.1 Å². The molecule has 0 spiro atoms. The molecular weight excluding hydrogens is 296 g/mol. The van der Waals surface area contributed by atoms with Crippen molar-refractivity contribution in [1.29, 1.82) is 0 Å². The minimum Gasteiger partial charge on any atom is -0.352 e. The Morgan fingerprint density at radius 3 is 2.91 bits per heavy atom. The molecule has 120 valence electrons. The number of hydrogen-bond donors (Lipinski definition) is 1. The molecule has 1 unspecified atom stereocenters. The quantitative estimate of drug-likeness (QED) is 0.848. The van der Waals surface area contributed by atoms with E-state index in [4.69, 9.17) is 0 Å². The van der Waals surface area contributed by atoms with Crippen molar-refractivity contribution in [2.75, 3.05) is 13.1 Å². The van der Waals surface area contributed by atoms with Gasteiger partial charge < -0.3 is 10.2 Å². The third kappa shape index (κ3) is 3.36. The van der Waals surface area contributed by atoms with Crippen LogP contribution in [-0.2, 0) is 16.1 Å². The van der Waals surface area contributed by atoms with E-state index >= 15 is 0 Å². The van der Waals surface area contributed by atoms with Crippen molar-refractivity contribution in [3.63, 3.8) is 0 Å². The maximum atomic E-state index is 12.1. The molecule has 0 bridgehead atoms. The average molecular weight is 314 g/mol. The van der Waals surface area contributed by atoms with Gasteiger partial charge in [-0.25, -0.2) is 14.6 Å². The van der Waals surface area contributed by atoms with Gasteiger partial charge in [0.15, 0.2) is 5.82 Å². The van der Waals surface area contributed by atoms with Gasteiger partial charge in [-0.2, -0.15) is 5.10 Å². The number of nitrogens with one attached hydrogen (secondary N) is 1. The highest BCUT2D eigenvalue weighted by Gasteiger charge is 2.33. The lowest BCUT2D eigenvalue weighted by Crippen LogP contribution is -2.32. The Bertz CT molecular complexity index is 683. The molecule has 1 saturated heterocycles. The number of amides is 2. The lowest BCUT2D eigenvalue weighted by atomic mass is 10.1. The van der Waals surface area contributed by atoms with Crippen LogP contribution in [0.2, 0.25) is 0 Å². The van der Waals surface area contributed by atoms with E-state index in [0.29, 0.717) is 31.9 Å². The minimum atomic E-state index is -0.259. The van der Waals surface area contributed by atoms with E-state index in [-0.39, 0.29) is 17.7 Å². The van der Waals surface area contributed by atoms with Crippen LogP contribution in [0.15, 0.2) is 31.0 Å². The van der Waals surface area contributed by atoms with Crippen molar-refractivity contribution >= 4 is 11.8 Å². The molecule has 23 heavy (non-hydrogen) atoms. The van der Waals surface area contributed by atoms with E-state index < -0.39 is 0 Å². The Kier molecular flexibility index (Phi) is 4.31. The number of hydrogen-bond acceptors (Lipinski definition) is 5. The third-order valence-corrected chi connectivity index (χ3v) is 3.90. The normalized spacial score (nSPS) is 17.5. The number of aromatic nitrogens is 4. The molecular formula is C15H18N6O2. The fourth-order valence-corrected chi connectivity index (χ4v) is 2.57. The zero-order chi connectivity index (χ0) is 16.2. The lowest BCUT2D eigenvalue weighted by Gasteiger charge is -2.13. The zero-order valence-corrected chi connectivity index (χ0v) is 12.8. The van der Waals surface area contributed by atoms with Crippen LogP contribution in [0.5, 0.6) is 0 Å². The molecule has 1 fully saturated rings. The molecule has 1 atom stereocenters. The summed E-state index contributed by atoms with van der Waals surface area (Å²) >= 11 is 0. The van der Waals surface area contributed by atoms with Crippen LogP contribution in [0.3, 0.4) is 0 Å². The molecule has 3 heterocycles. The van der Waals surface area contributed by atoms with Gasteiger partial charge in [0.25, 0.3) is 0 Å². The van der Waals surface area contributed by atoms with Crippen LogP contribution >= 0.6 is 0 Å². The van der Waals surface area contributed by atoms with E-state index in [2.05, 4.69) is 20.4 Å². The third-order valence-electron chi connectivity index (χ3n) is 3.90. The van der Waals surface area contributed by atoms with Gasteiger partial charge in [-0.3, -0.25) is 9.59 Å². The van der Waals surface area contributed by atoms with Crippen molar-refractivity contribution in [2.45, 2.75) is 19.9 Å². The topological polar surface area (TPSA) is 93.0 Å². The summed E-state index contributed by atoms with van der Waals surface area (Å²) in [5.74, 6) is 0.364. The molecule has 0 saturated carbocycles. The first-order valence-electron chi connectivity index (χ1n) is 7.52. The second-order valence-corrected chi connectivity index (χ2v) is 5.42. The number of rotatable bonds is 5. The predicted octanol–water partition coefficient (Wildman–Crippen LogP) is 0.147. The lowest BCUT2D eigenvalue weighted by molar-refractivity contribution is -0.128. The fraction of sp³-hybridized carbons (Fsp3) is 0.400. The van der Waals surface area contributed by atoms with Gasteiger partial charge >= 0.3 is 0 Å². The molecule has 1 aliphatic heterocycles. The SMILES string of the molecule is CCN1CC(C(=O)NCc2ccc(-n3cncn3)nc2)CC1=O. The minimum absolute atomic E-state index is 0.0477. The molecule has 8 nitrogen and oxygen atoms in total. The Labute approximate surface area is 133 Å². The van der Waals surface area contributed by atoms with Gasteiger partial charge in [0, 0.05) is 32.3 Å². The maximum Gasteiger partial charge on any atom is 0.225 e. The summed E-state index contributed by atoms with van der Waals surface area (Å²) in [6, 6.07) is 3.69. The monoisotopic (exact) mass is 314 g/mol. The fourth-order valence-electron chi connectivity index (χ4n) is 2.57. The first-order valence-corrected chi connectivity index (χ1v) is 7.52. The number of likely N-dealkylation sites (tertiary alicyclic amines) is 1. The van der Waals surface area contributed by atoms with Gasteiger partial charge in [-0.05, 0) is 18.6 Å². The summed E-state index contributed by atoms with van der Waals surface area (Å²) in [7, 11) is 0. The second-order valence-electron chi connectivity index (χ2n) is 5.42. The smallest absolute Gasteiger partial charge is 0.225 e. The standard InChI is InChI=1S/C15H18N6O2/c1-2-20-8-12(5-14(20)22)15(23)18-7-11-3-4-13(17-6-11)21-10-16-9-19-21/h3-4,6,9-10,12H,2,5,7-8H2,1H3,(H,18,23). The van der Waals surface area contributed by atoms with Crippen molar-refractivity contribution < 1.29 is 9.59 Å². The van der Waals surface area contributed by atoms with Crippen molar-refractivity contribution in [3.8, 4) is 5.82 Å². The highest BCUT2D eigenvalue weighted by molar-refractivity contribution is 5.89. The van der Waals surface area contributed by atoms with Gasteiger partial charge in [0.05, 0.1) is 5.92 Å². The molecule has 8 heteroatoms. The molecule has 2 amide bonds. The summed E-state index contributed by atoms with van der Waals surface area (Å²) in [6.45, 7) is 3.46. The van der Waals surface area contributed by atoms with Crippen molar-refractivity contribution in [1.82, 2.24) is 30.0 Å². The highest BCUT2D eigenvalue weighted by Crippen LogP contribution is 2.17. The van der Waals surface area contributed by atoms with Gasteiger partial charge in [0.1, 0.15) is 12.7 Å². The number of carbonyl (C=O) groups excluding carboxylic acids is 2.